The average molecular weight is 416 g/mol. The predicted molar refractivity (Wildman–Crippen MR) is 112 cm³/mol. The van der Waals surface area contributed by atoms with E-state index in [0.717, 1.165) is 22.3 Å². The molecule has 0 N–H and O–H groups in total. The maximum atomic E-state index is 12.5. The summed E-state index contributed by atoms with van der Waals surface area (Å²) >= 11 is 0. The largest absolute Gasteiger partial charge is 0.457 e. The third kappa shape index (κ3) is 4.67. The number of anilines is 1. The molecule has 154 valence electrons. The van der Waals surface area contributed by atoms with Crippen molar-refractivity contribution in [3.63, 3.8) is 0 Å². The van der Waals surface area contributed by atoms with E-state index >= 15 is 0 Å². The first kappa shape index (κ1) is 21.0. The predicted octanol–water partition coefficient (Wildman–Crippen LogP) is 2.98. The second-order valence-electron chi connectivity index (χ2n) is 7.63. The molecule has 2 aromatic rings. The maximum absolute atomic E-state index is 12.5. The molecular formula is C22H25NO5S. The number of benzene rings is 2. The van der Waals surface area contributed by atoms with Crippen LogP contribution in [0, 0.1) is 13.8 Å². The molecule has 1 heterocycles. The average Bonchev–Trinajstić information content (AvgIpc) is 2.97. The molecule has 0 spiro atoms. The van der Waals surface area contributed by atoms with E-state index in [9.17, 15) is 18.0 Å². The summed E-state index contributed by atoms with van der Waals surface area (Å²) in [4.78, 5) is 24.5. The van der Waals surface area contributed by atoms with Gasteiger partial charge in [-0.2, -0.15) is 0 Å². The van der Waals surface area contributed by atoms with Crippen LogP contribution in [0.15, 0.2) is 36.4 Å². The first-order valence-electron chi connectivity index (χ1n) is 9.43. The van der Waals surface area contributed by atoms with Crippen molar-refractivity contribution in [2.45, 2.75) is 39.7 Å². The minimum Gasteiger partial charge on any atom is -0.457 e. The number of rotatable bonds is 6. The molecule has 1 aliphatic heterocycles. The summed E-state index contributed by atoms with van der Waals surface area (Å²) in [6.07, 6.45) is 1.82. The van der Waals surface area contributed by atoms with Crippen LogP contribution in [0.5, 0.6) is 0 Å². The zero-order valence-corrected chi connectivity index (χ0v) is 17.9. The highest BCUT2D eigenvalue weighted by atomic mass is 32.2. The third-order valence-electron chi connectivity index (χ3n) is 5.20. The molecule has 2 aromatic carbocycles. The van der Waals surface area contributed by atoms with Gasteiger partial charge in [0.05, 0.1) is 18.4 Å². The normalized spacial score (nSPS) is 15.9. The van der Waals surface area contributed by atoms with Crippen LogP contribution in [0.25, 0.3) is 0 Å². The second kappa shape index (κ2) is 7.99. The summed E-state index contributed by atoms with van der Waals surface area (Å²) in [5.41, 5.74) is 4.90. The molecule has 1 aliphatic rings. The van der Waals surface area contributed by atoms with Crippen molar-refractivity contribution in [2.75, 3.05) is 17.2 Å². The number of ether oxygens (including phenoxy) is 1. The first-order valence-corrected chi connectivity index (χ1v) is 11.3. The highest BCUT2D eigenvalue weighted by molar-refractivity contribution is 7.92. The Balaban J connectivity index is 1.64. The van der Waals surface area contributed by atoms with Gasteiger partial charge in [0.15, 0.2) is 12.4 Å². The van der Waals surface area contributed by atoms with Gasteiger partial charge in [-0.1, -0.05) is 18.2 Å². The van der Waals surface area contributed by atoms with Crippen LogP contribution in [0.1, 0.15) is 39.5 Å². The van der Waals surface area contributed by atoms with Gasteiger partial charge in [-0.25, -0.2) is 8.42 Å². The van der Waals surface area contributed by atoms with Gasteiger partial charge in [-0.15, -0.1) is 0 Å². The van der Waals surface area contributed by atoms with Crippen LogP contribution in [-0.2, 0) is 32.4 Å². The second-order valence-corrected chi connectivity index (χ2v) is 9.49. The van der Waals surface area contributed by atoms with Crippen molar-refractivity contribution >= 4 is 27.5 Å². The van der Waals surface area contributed by atoms with E-state index in [1.165, 1.54) is 10.6 Å². The first-order chi connectivity index (χ1) is 13.6. The summed E-state index contributed by atoms with van der Waals surface area (Å²) in [5, 5.41) is 0. The highest BCUT2D eigenvalue weighted by Crippen LogP contribution is 2.34. The Morgan fingerprint density at radius 1 is 1.10 bits per heavy atom. The number of sulfonamides is 1. The van der Waals surface area contributed by atoms with E-state index in [4.69, 9.17) is 4.74 Å². The quantitative estimate of drug-likeness (QED) is 0.535. The zero-order valence-electron chi connectivity index (χ0n) is 17.1. The molecule has 3 rings (SSSR count). The van der Waals surface area contributed by atoms with Crippen molar-refractivity contribution in [2.24, 2.45) is 0 Å². The number of Topliss-reactive ketones (excluding diaryl/α,β-unsaturated/α-hetero) is 1. The fourth-order valence-corrected chi connectivity index (χ4v) is 4.91. The third-order valence-corrected chi connectivity index (χ3v) is 6.47. The summed E-state index contributed by atoms with van der Waals surface area (Å²) in [5.74, 6) is -0.772. The molecule has 7 heteroatoms. The summed E-state index contributed by atoms with van der Waals surface area (Å²) in [6.45, 7) is 5.47. The Bertz CT molecular complexity index is 1070. The van der Waals surface area contributed by atoms with Gasteiger partial charge in [0, 0.05) is 11.6 Å². The van der Waals surface area contributed by atoms with Crippen LogP contribution < -0.4 is 4.31 Å². The van der Waals surface area contributed by atoms with Gasteiger partial charge >= 0.3 is 5.97 Å². The lowest BCUT2D eigenvalue weighted by Gasteiger charge is -2.21. The molecule has 0 saturated carbocycles. The smallest absolute Gasteiger partial charge is 0.310 e. The van der Waals surface area contributed by atoms with Gasteiger partial charge in [-0.05, 0) is 67.6 Å². The number of fused-ring (bicyclic) bond motifs is 1. The monoisotopic (exact) mass is 415 g/mol. The molecule has 0 unspecified atom stereocenters. The Hall–Kier alpha value is -2.67. The van der Waals surface area contributed by atoms with Crippen molar-refractivity contribution in [3.05, 3.63) is 64.2 Å². The lowest BCUT2D eigenvalue weighted by atomic mass is 10.0. The molecule has 0 aliphatic carbocycles. The van der Waals surface area contributed by atoms with E-state index in [2.05, 4.69) is 0 Å². The molecule has 0 fully saturated rings. The van der Waals surface area contributed by atoms with Crippen LogP contribution in [-0.4, -0.2) is 39.1 Å². The molecule has 0 amide bonds. The van der Waals surface area contributed by atoms with E-state index < -0.39 is 16.0 Å². The Kier molecular flexibility index (Phi) is 5.80. The Labute approximate surface area is 171 Å². The van der Waals surface area contributed by atoms with Gasteiger partial charge < -0.3 is 4.74 Å². The standard InChI is InChI=1S/C22H25NO5S/c1-14-5-6-17(9-15(14)2)11-22(25)28-13-21(24)18-7-8-20-19(12-18)10-16(3)23(20)29(4,26)27/h5-9,12,16H,10-11,13H2,1-4H3/t16-/m0/s1. The minimum absolute atomic E-state index is 0.111. The lowest BCUT2D eigenvalue weighted by Crippen LogP contribution is -2.34. The summed E-state index contributed by atoms with van der Waals surface area (Å²) < 4.78 is 30.5. The van der Waals surface area contributed by atoms with Gasteiger partial charge in [0.1, 0.15) is 0 Å². The summed E-state index contributed by atoms with van der Waals surface area (Å²) in [6, 6.07) is 10.5. The molecule has 6 nitrogen and oxygen atoms in total. The van der Waals surface area contributed by atoms with Crippen LogP contribution >= 0.6 is 0 Å². The van der Waals surface area contributed by atoms with E-state index in [1.54, 1.807) is 18.2 Å². The molecule has 29 heavy (non-hydrogen) atoms. The van der Waals surface area contributed by atoms with E-state index in [1.807, 2.05) is 39.0 Å². The fraction of sp³-hybridized carbons (Fsp3) is 0.364. The van der Waals surface area contributed by atoms with Crippen molar-refractivity contribution in [1.29, 1.82) is 0 Å². The maximum Gasteiger partial charge on any atom is 0.310 e. The van der Waals surface area contributed by atoms with Crippen LogP contribution in [0.2, 0.25) is 0 Å². The molecule has 0 saturated heterocycles. The number of hydrogen-bond donors (Lipinski definition) is 0. The lowest BCUT2D eigenvalue weighted by molar-refractivity contribution is -0.141. The Morgan fingerprint density at radius 3 is 2.48 bits per heavy atom. The molecule has 0 bridgehead atoms. The minimum atomic E-state index is -3.38. The van der Waals surface area contributed by atoms with E-state index in [-0.39, 0.29) is 24.9 Å². The number of ketones is 1. The van der Waals surface area contributed by atoms with Gasteiger partial charge in [-0.3, -0.25) is 13.9 Å². The fourth-order valence-electron chi connectivity index (χ4n) is 3.64. The van der Waals surface area contributed by atoms with Crippen LogP contribution in [0.4, 0.5) is 5.69 Å². The zero-order chi connectivity index (χ0) is 21.3. The van der Waals surface area contributed by atoms with E-state index in [0.29, 0.717) is 17.7 Å². The van der Waals surface area contributed by atoms with Gasteiger partial charge in [0.2, 0.25) is 10.0 Å². The molecule has 0 radical (unpaired) electrons. The molecular weight excluding hydrogens is 390 g/mol. The highest BCUT2D eigenvalue weighted by Gasteiger charge is 2.32. The van der Waals surface area contributed by atoms with Crippen molar-refractivity contribution < 1.29 is 22.7 Å². The molecule has 1 atom stereocenters. The summed E-state index contributed by atoms with van der Waals surface area (Å²) in [7, 11) is -3.38. The number of hydrogen-bond acceptors (Lipinski definition) is 5. The molecule has 0 aromatic heterocycles. The number of nitrogens with zero attached hydrogens (tertiary/aromatic N) is 1. The SMILES string of the molecule is Cc1ccc(CC(=O)OCC(=O)c2ccc3c(c2)C[C@H](C)N3S(C)(=O)=O)cc1C. The Morgan fingerprint density at radius 2 is 1.83 bits per heavy atom. The van der Waals surface area contributed by atoms with Crippen molar-refractivity contribution in [3.8, 4) is 0 Å². The number of carbonyl (C=O) groups is 2. The number of carbonyl (C=O) groups excluding carboxylic acids is 2. The topological polar surface area (TPSA) is 80.8 Å². The van der Waals surface area contributed by atoms with Crippen molar-refractivity contribution in [1.82, 2.24) is 0 Å². The number of esters is 1. The van der Waals surface area contributed by atoms with Gasteiger partial charge in [0.25, 0.3) is 0 Å². The number of aryl methyl sites for hydroxylation is 2. The van der Waals surface area contributed by atoms with Crippen LogP contribution in [0.3, 0.4) is 0 Å².